The Bertz CT molecular complexity index is 774. The second-order valence-electron chi connectivity index (χ2n) is 10.9. The van der Waals surface area contributed by atoms with Gasteiger partial charge in [-0.2, -0.15) is 0 Å². The van der Waals surface area contributed by atoms with Crippen molar-refractivity contribution in [2.45, 2.75) is 101 Å². The Morgan fingerprint density at radius 2 is 1.79 bits per heavy atom. The highest BCUT2D eigenvalue weighted by molar-refractivity contribution is 7.89. The van der Waals surface area contributed by atoms with E-state index >= 15 is 0 Å². The molecule has 8 atom stereocenters. The maximum Gasteiger partial charge on any atom is 0.224 e. The van der Waals surface area contributed by atoms with E-state index in [1.54, 1.807) is 4.31 Å². The molecule has 2 aliphatic carbocycles. The average Bonchev–Trinajstić information content (AvgIpc) is 2.80. The fourth-order valence-electron chi connectivity index (χ4n) is 6.45. The summed E-state index contributed by atoms with van der Waals surface area (Å²) >= 11 is 0. The first-order valence-electron chi connectivity index (χ1n) is 13.0. The molecule has 9 nitrogen and oxygen atoms in total. The van der Waals surface area contributed by atoms with E-state index in [2.05, 4.69) is 22.9 Å². The summed E-state index contributed by atoms with van der Waals surface area (Å²) in [5.41, 5.74) is 12.0. The van der Waals surface area contributed by atoms with Crippen LogP contribution in [0.15, 0.2) is 0 Å². The molecular formula is C23H44N6O3S. The van der Waals surface area contributed by atoms with Gasteiger partial charge in [0.15, 0.2) is 0 Å². The highest BCUT2D eigenvalue weighted by atomic mass is 32.2. The van der Waals surface area contributed by atoms with Crippen LogP contribution in [0.5, 0.6) is 0 Å². The molecule has 0 radical (unpaired) electrons. The monoisotopic (exact) mass is 484 g/mol. The van der Waals surface area contributed by atoms with Gasteiger partial charge < -0.3 is 16.8 Å². The average molecular weight is 485 g/mol. The molecular weight excluding hydrogens is 440 g/mol. The third-order valence-corrected chi connectivity index (χ3v) is 11.0. The van der Waals surface area contributed by atoms with Crippen LogP contribution in [-0.4, -0.2) is 67.9 Å². The number of primary amides is 1. The van der Waals surface area contributed by atoms with Gasteiger partial charge in [-0.3, -0.25) is 15.4 Å². The van der Waals surface area contributed by atoms with Gasteiger partial charge in [-0.05, 0) is 63.2 Å². The summed E-state index contributed by atoms with van der Waals surface area (Å²) in [6, 6.07) is 0.269. The lowest BCUT2D eigenvalue weighted by Crippen LogP contribution is -2.69. The number of hydrogen-bond donors (Lipinski definition) is 5. The fourth-order valence-corrected chi connectivity index (χ4v) is 8.80. The molecule has 2 heterocycles. The van der Waals surface area contributed by atoms with Gasteiger partial charge in [0, 0.05) is 31.7 Å². The molecule has 10 heteroatoms. The normalized spacial score (nSPS) is 41.5. The largest absolute Gasteiger partial charge is 0.369 e. The predicted molar refractivity (Wildman–Crippen MR) is 129 cm³/mol. The molecule has 2 aliphatic heterocycles. The standard InChI is InChI=1S/C23H44N6O3S/c1-15-8-9-18(13-20(15)33(31,32)29-10-3-2-4-11-29)27-23-19(21(25)30)14-26-22(28-23)16-6-5-7-17(24)12-16/h15-20,22-23,26-28H,2-14,24H2,1H3,(H2,25,30)/t15?,16?,17-,18?,19?,20?,22?,23?/m0/s1. The highest BCUT2D eigenvalue weighted by Crippen LogP contribution is 2.33. The van der Waals surface area contributed by atoms with E-state index in [-0.39, 0.29) is 47.4 Å². The second-order valence-corrected chi connectivity index (χ2v) is 13.1. The lowest BCUT2D eigenvalue weighted by atomic mass is 9.82. The summed E-state index contributed by atoms with van der Waals surface area (Å²) in [6.45, 7) is 3.89. The van der Waals surface area contributed by atoms with Crippen molar-refractivity contribution in [3.05, 3.63) is 0 Å². The number of hydrogen-bond acceptors (Lipinski definition) is 7. The molecule has 7 unspecified atom stereocenters. The first kappa shape index (κ1) is 25.3. The molecule has 7 N–H and O–H groups in total. The molecule has 0 aromatic heterocycles. The van der Waals surface area contributed by atoms with Crippen molar-refractivity contribution >= 4 is 15.9 Å². The van der Waals surface area contributed by atoms with Crippen LogP contribution in [-0.2, 0) is 14.8 Å². The number of amides is 1. The molecule has 4 aliphatic rings. The summed E-state index contributed by atoms with van der Waals surface area (Å²) in [7, 11) is -3.32. The fraction of sp³-hybridized carbons (Fsp3) is 0.957. The van der Waals surface area contributed by atoms with Gasteiger partial charge in [0.25, 0.3) is 0 Å². The molecule has 0 spiro atoms. The smallest absolute Gasteiger partial charge is 0.224 e. The Balaban J connectivity index is 1.43. The first-order chi connectivity index (χ1) is 15.8. The van der Waals surface area contributed by atoms with Crippen molar-refractivity contribution in [2.75, 3.05) is 19.6 Å². The van der Waals surface area contributed by atoms with E-state index in [0.717, 1.165) is 57.8 Å². The molecule has 0 bridgehead atoms. The maximum absolute atomic E-state index is 13.4. The number of nitrogens with zero attached hydrogens (tertiary/aromatic N) is 1. The molecule has 2 saturated heterocycles. The van der Waals surface area contributed by atoms with Crippen LogP contribution in [0.4, 0.5) is 0 Å². The molecule has 2 saturated carbocycles. The Morgan fingerprint density at radius 3 is 2.48 bits per heavy atom. The third kappa shape index (κ3) is 5.90. The van der Waals surface area contributed by atoms with Crippen molar-refractivity contribution < 1.29 is 13.2 Å². The lowest BCUT2D eigenvalue weighted by molar-refractivity contribution is -0.124. The number of rotatable bonds is 6. The topological polar surface area (TPSA) is 143 Å². The molecule has 0 aromatic rings. The molecule has 0 aromatic carbocycles. The molecule has 190 valence electrons. The second kappa shape index (κ2) is 10.9. The van der Waals surface area contributed by atoms with E-state index < -0.39 is 10.0 Å². The van der Waals surface area contributed by atoms with Crippen molar-refractivity contribution in [2.24, 2.45) is 29.2 Å². The van der Waals surface area contributed by atoms with Crippen LogP contribution in [0.3, 0.4) is 0 Å². The minimum Gasteiger partial charge on any atom is -0.369 e. The highest BCUT2D eigenvalue weighted by Gasteiger charge is 2.43. The zero-order chi connectivity index (χ0) is 23.6. The molecule has 1 amide bonds. The van der Waals surface area contributed by atoms with Crippen molar-refractivity contribution in [3.8, 4) is 0 Å². The van der Waals surface area contributed by atoms with Crippen LogP contribution in [0.1, 0.15) is 71.1 Å². The zero-order valence-corrected chi connectivity index (χ0v) is 20.9. The molecule has 33 heavy (non-hydrogen) atoms. The molecule has 4 fully saturated rings. The number of nitrogens with two attached hydrogens (primary N) is 2. The first-order valence-corrected chi connectivity index (χ1v) is 14.6. The number of nitrogens with one attached hydrogen (secondary N) is 3. The van der Waals surface area contributed by atoms with Crippen LogP contribution in [0, 0.1) is 17.8 Å². The number of sulfonamides is 1. The van der Waals surface area contributed by atoms with E-state index in [9.17, 15) is 13.2 Å². The van der Waals surface area contributed by atoms with Gasteiger partial charge in [0.2, 0.25) is 15.9 Å². The Kier molecular flexibility index (Phi) is 8.34. The van der Waals surface area contributed by atoms with Crippen LogP contribution in [0.25, 0.3) is 0 Å². The van der Waals surface area contributed by atoms with Crippen molar-refractivity contribution in [1.29, 1.82) is 0 Å². The maximum atomic E-state index is 13.4. The minimum absolute atomic E-state index is 0.0393. The van der Waals surface area contributed by atoms with E-state index in [4.69, 9.17) is 11.5 Å². The van der Waals surface area contributed by atoms with Gasteiger partial charge in [0.1, 0.15) is 0 Å². The number of carbonyl (C=O) groups is 1. The van der Waals surface area contributed by atoms with Gasteiger partial charge in [0.05, 0.1) is 23.5 Å². The lowest BCUT2D eigenvalue weighted by Gasteiger charge is -2.45. The van der Waals surface area contributed by atoms with Crippen LogP contribution >= 0.6 is 0 Å². The Labute approximate surface area is 199 Å². The van der Waals surface area contributed by atoms with Gasteiger partial charge in [-0.25, -0.2) is 12.7 Å². The summed E-state index contributed by atoms with van der Waals surface area (Å²) in [4.78, 5) is 12.2. The number of carbonyl (C=O) groups excluding carboxylic acids is 1. The summed E-state index contributed by atoms with van der Waals surface area (Å²) in [6.07, 6.45) is 9.46. The van der Waals surface area contributed by atoms with E-state index in [1.165, 1.54) is 0 Å². The minimum atomic E-state index is -3.32. The summed E-state index contributed by atoms with van der Waals surface area (Å²) in [5, 5.41) is 10.3. The van der Waals surface area contributed by atoms with Gasteiger partial charge in [-0.1, -0.05) is 19.8 Å². The SMILES string of the molecule is CC1CCC(NC2NC(C3CCC[C@H](N)C3)NCC2C(N)=O)CC1S(=O)(=O)N1CCCCC1. The zero-order valence-electron chi connectivity index (χ0n) is 20.0. The molecule has 4 rings (SSSR count). The predicted octanol–water partition coefficient (Wildman–Crippen LogP) is 0.413. The third-order valence-electron chi connectivity index (χ3n) is 8.51. The van der Waals surface area contributed by atoms with E-state index in [0.29, 0.717) is 32.0 Å². The van der Waals surface area contributed by atoms with Crippen molar-refractivity contribution in [1.82, 2.24) is 20.3 Å². The van der Waals surface area contributed by atoms with Crippen molar-refractivity contribution in [3.63, 3.8) is 0 Å². The van der Waals surface area contributed by atoms with Gasteiger partial charge in [-0.15, -0.1) is 0 Å². The summed E-state index contributed by atoms with van der Waals surface area (Å²) < 4.78 is 28.6. The Morgan fingerprint density at radius 1 is 1.03 bits per heavy atom. The van der Waals surface area contributed by atoms with Gasteiger partial charge >= 0.3 is 0 Å². The van der Waals surface area contributed by atoms with Crippen LogP contribution in [0.2, 0.25) is 0 Å². The Hall–Kier alpha value is -0.780. The van der Waals surface area contributed by atoms with Crippen LogP contribution < -0.4 is 27.4 Å². The quantitative estimate of drug-likeness (QED) is 0.367. The van der Waals surface area contributed by atoms with E-state index in [1.807, 2.05) is 0 Å². The summed E-state index contributed by atoms with van der Waals surface area (Å²) in [5.74, 6) is -0.159. The number of piperidine rings is 1.